The molecule has 1 saturated carbocycles. The fraction of sp³-hybridized carbons (Fsp3) is 0.767. The van der Waals surface area contributed by atoms with Crippen LogP contribution in [0.5, 0.6) is 0 Å². The Morgan fingerprint density at radius 1 is 0.972 bits per heavy atom. The Bertz CT molecular complexity index is 874. The van der Waals surface area contributed by atoms with E-state index in [1.807, 2.05) is 32.8 Å². The lowest BCUT2D eigenvalue weighted by Gasteiger charge is -2.42. The maximum absolute atomic E-state index is 12.6. The summed E-state index contributed by atoms with van der Waals surface area (Å²) >= 11 is 0. The van der Waals surface area contributed by atoms with Gasteiger partial charge in [0.2, 0.25) is 0 Å². The van der Waals surface area contributed by atoms with Gasteiger partial charge in [0, 0.05) is 57.8 Å². The van der Waals surface area contributed by atoms with Gasteiger partial charge in [0.1, 0.15) is 5.60 Å². The van der Waals surface area contributed by atoms with E-state index in [4.69, 9.17) is 9.47 Å². The topological polar surface area (TPSA) is 45.2 Å². The van der Waals surface area contributed by atoms with Crippen molar-refractivity contribution in [1.29, 1.82) is 0 Å². The minimum Gasteiger partial charge on any atom is -0.444 e. The smallest absolute Gasteiger partial charge is 0.410 e. The molecule has 0 aromatic heterocycles. The van der Waals surface area contributed by atoms with Crippen molar-refractivity contribution in [2.24, 2.45) is 5.41 Å². The predicted octanol–water partition coefficient (Wildman–Crippen LogP) is 6.43. The van der Waals surface area contributed by atoms with Gasteiger partial charge in [0.15, 0.2) is 0 Å². The van der Waals surface area contributed by atoms with Crippen LogP contribution >= 0.6 is 0 Å². The Morgan fingerprint density at radius 3 is 2.19 bits per heavy atom. The molecule has 36 heavy (non-hydrogen) atoms. The number of methoxy groups -OCH3 is 1. The molecule has 1 aromatic carbocycles. The summed E-state index contributed by atoms with van der Waals surface area (Å²) in [5.74, 6) is 0.607. The fourth-order valence-electron chi connectivity index (χ4n) is 6.46. The number of benzene rings is 1. The minimum absolute atomic E-state index is 0.192. The highest BCUT2D eigenvalue weighted by Crippen LogP contribution is 2.49. The van der Waals surface area contributed by atoms with Crippen LogP contribution in [0, 0.1) is 5.41 Å². The first-order chi connectivity index (χ1) is 17.2. The van der Waals surface area contributed by atoms with Crippen molar-refractivity contribution in [3.8, 4) is 0 Å². The van der Waals surface area contributed by atoms with Crippen LogP contribution in [0.15, 0.2) is 18.2 Å². The van der Waals surface area contributed by atoms with Gasteiger partial charge >= 0.3 is 6.09 Å². The Labute approximate surface area is 219 Å². The third-order valence-electron chi connectivity index (χ3n) is 9.11. The van der Waals surface area contributed by atoms with Crippen LogP contribution in [0.25, 0.3) is 0 Å². The number of rotatable bonds is 6. The number of amides is 1. The van der Waals surface area contributed by atoms with Crippen molar-refractivity contribution in [2.45, 2.75) is 97.2 Å². The fourth-order valence-corrected chi connectivity index (χ4v) is 6.46. The van der Waals surface area contributed by atoms with Crippen molar-refractivity contribution >= 4 is 17.5 Å². The maximum Gasteiger partial charge on any atom is 0.410 e. The molecule has 6 heteroatoms. The molecule has 2 saturated heterocycles. The molecule has 0 spiro atoms. The number of ether oxygens (including phenoxy) is 2. The van der Waals surface area contributed by atoms with Crippen molar-refractivity contribution in [2.75, 3.05) is 56.2 Å². The molecular weight excluding hydrogens is 450 g/mol. The van der Waals surface area contributed by atoms with Crippen molar-refractivity contribution in [3.63, 3.8) is 0 Å². The molecule has 1 aliphatic carbocycles. The monoisotopic (exact) mass is 499 g/mol. The SMILES string of the molecule is CCC1(CC)CCC(c2cc(N3CC[C@@H](OC)C3)ccc2N2CCN(C(=O)OC(C)(C)C)CC2)CC1. The molecule has 0 bridgehead atoms. The Morgan fingerprint density at radius 2 is 1.64 bits per heavy atom. The third kappa shape index (κ3) is 6.12. The van der Waals surface area contributed by atoms with E-state index in [1.54, 1.807) is 0 Å². The zero-order chi connectivity index (χ0) is 25.9. The highest BCUT2D eigenvalue weighted by atomic mass is 16.6. The predicted molar refractivity (Wildman–Crippen MR) is 148 cm³/mol. The maximum atomic E-state index is 12.6. The standard InChI is InChI=1S/C30H49N3O3/c1-7-30(8-2)14-11-23(12-15-30)26-21-24(33-16-13-25(22-33)35-6)9-10-27(26)31-17-19-32(20-18-31)28(34)36-29(3,4)5/h9-10,21,23,25H,7-8,11-20,22H2,1-6H3/t25-/m1/s1. The van der Waals surface area contributed by atoms with Crippen LogP contribution in [0.1, 0.15) is 91.0 Å². The second-order valence-corrected chi connectivity index (χ2v) is 12.3. The van der Waals surface area contributed by atoms with Gasteiger partial charge in [-0.1, -0.05) is 26.7 Å². The van der Waals surface area contributed by atoms with E-state index in [9.17, 15) is 4.79 Å². The molecule has 6 nitrogen and oxygen atoms in total. The Balaban J connectivity index is 1.52. The van der Waals surface area contributed by atoms with Crippen molar-refractivity contribution in [3.05, 3.63) is 23.8 Å². The molecule has 0 unspecified atom stereocenters. The van der Waals surface area contributed by atoms with Crippen LogP contribution in [0.4, 0.5) is 16.2 Å². The van der Waals surface area contributed by atoms with Crippen LogP contribution in [-0.2, 0) is 9.47 Å². The van der Waals surface area contributed by atoms with Gasteiger partial charge in [-0.2, -0.15) is 0 Å². The molecule has 3 fully saturated rings. The minimum atomic E-state index is -0.457. The van der Waals surface area contributed by atoms with Gasteiger partial charge in [-0.15, -0.1) is 0 Å². The number of hydrogen-bond donors (Lipinski definition) is 0. The normalized spacial score (nSPS) is 23.3. The van der Waals surface area contributed by atoms with Crippen molar-refractivity contribution in [1.82, 2.24) is 4.90 Å². The van der Waals surface area contributed by atoms with Crippen LogP contribution in [-0.4, -0.2) is 69.1 Å². The van der Waals surface area contributed by atoms with E-state index in [1.165, 1.54) is 55.5 Å². The first kappa shape index (κ1) is 27.1. The molecule has 1 atom stereocenters. The molecule has 3 aliphatic rings. The van der Waals surface area contributed by atoms with Gasteiger partial charge < -0.3 is 24.2 Å². The number of anilines is 2. The Kier molecular flexibility index (Phi) is 8.43. The van der Waals surface area contributed by atoms with Crippen LogP contribution < -0.4 is 9.80 Å². The van der Waals surface area contributed by atoms with Gasteiger partial charge in [-0.05, 0) is 88.0 Å². The number of carbonyl (C=O) groups excluding carboxylic acids is 1. The number of hydrogen-bond acceptors (Lipinski definition) is 5. The van der Waals surface area contributed by atoms with E-state index < -0.39 is 5.60 Å². The van der Waals surface area contributed by atoms with Crippen LogP contribution in [0.2, 0.25) is 0 Å². The molecule has 2 heterocycles. The summed E-state index contributed by atoms with van der Waals surface area (Å²) in [5, 5.41) is 0. The van der Waals surface area contributed by atoms with Crippen LogP contribution in [0.3, 0.4) is 0 Å². The van der Waals surface area contributed by atoms with Gasteiger partial charge in [0.25, 0.3) is 0 Å². The lowest BCUT2D eigenvalue weighted by Crippen LogP contribution is -2.50. The summed E-state index contributed by atoms with van der Waals surface area (Å²) < 4.78 is 11.3. The third-order valence-corrected chi connectivity index (χ3v) is 9.11. The van der Waals surface area contributed by atoms with Gasteiger partial charge in [-0.3, -0.25) is 0 Å². The summed E-state index contributed by atoms with van der Waals surface area (Å²) in [6, 6.07) is 7.15. The second-order valence-electron chi connectivity index (χ2n) is 12.3. The average Bonchev–Trinajstić information content (AvgIpc) is 3.37. The number of carbonyl (C=O) groups is 1. The average molecular weight is 500 g/mol. The van der Waals surface area contributed by atoms with Gasteiger partial charge in [0.05, 0.1) is 6.10 Å². The highest BCUT2D eigenvalue weighted by molar-refractivity contribution is 5.69. The molecule has 4 rings (SSSR count). The van der Waals surface area contributed by atoms with Crippen molar-refractivity contribution < 1.29 is 14.3 Å². The summed E-state index contributed by atoms with van der Waals surface area (Å²) in [5.41, 5.74) is 4.30. The van der Waals surface area contributed by atoms with E-state index in [0.717, 1.165) is 32.6 Å². The summed E-state index contributed by atoms with van der Waals surface area (Å²) in [7, 11) is 1.83. The quantitative estimate of drug-likeness (QED) is 0.451. The summed E-state index contributed by atoms with van der Waals surface area (Å²) in [4.78, 5) is 19.5. The van der Waals surface area contributed by atoms with E-state index in [-0.39, 0.29) is 6.09 Å². The molecule has 2 aliphatic heterocycles. The van der Waals surface area contributed by atoms with E-state index in [2.05, 4.69) is 41.8 Å². The summed E-state index contributed by atoms with van der Waals surface area (Å²) in [6.45, 7) is 15.7. The van der Waals surface area contributed by atoms with E-state index >= 15 is 0 Å². The highest BCUT2D eigenvalue weighted by Gasteiger charge is 2.35. The number of piperazine rings is 1. The molecule has 1 amide bonds. The number of nitrogens with zero attached hydrogens (tertiary/aromatic N) is 3. The zero-order valence-electron chi connectivity index (χ0n) is 23.6. The lowest BCUT2D eigenvalue weighted by atomic mass is 9.66. The first-order valence-electron chi connectivity index (χ1n) is 14.3. The molecule has 202 valence electrons. The molecule has 1 aromatic rings. The molecular formula is C30H49N3O3. The zero-order valence-corrected chi connectivity index (χ0v) is 23.6. The lowest BCUT2D eigenvalue weighted by molar-refractivity contribution is 0.0240. The largest absolute Gasteiger partial charge is 0.444 e. The van der Waals surface area contributed by atoms with E-state index in [0.29, 0.717) is 30.5 Å². The molecule has 0 radical (unpaired) electrons. The summed E-state index contributed by atoms with van der Waals surface area (Å²) in [6.07, 6.45) is 9.03. The Hall–Kier alpha value is -1.95. The first-order valence-corrected chi connectivity index (χ1v) is 14.3. The second kappa shape index (κ2) is 11.2. The van der Waals surface area contributed by atoms with Gasteiger partial charge in [-0.25, -0.2) is 4.79 Å². The molecule has 0 N–H and O–H groups in total.